The summed E-state index contributed by atoms with van der Waals surface area (Å²) in [6, 6.07) is 7.88. The number of amides is 1. The molecule has 1 N–H and O–H groups in total. The third-order valence-corrected chi connectivity index (χ3v) is 4.31. The Morgan fingerprint density at radius 2 is 1.76 bits per heavy atom. The highest BCUT2D eigenvalue weighted by Gasteiger charge is 2.12. The molecule has 1 aromatic heterocycles. The third-order valence-electron chi connectivity index (χ3n) is 4.31. The molecule has 0 saturated heterocycles. The first-order valence-corrected chi connectivity index (χ1v) is 9.06. The van der Waals surface area contributed by atoms with Gasteiger partial charge < -0.3 is 9.84 Å². The van der Waals surface area contributed by atoms with Gasteiger partial charge in [-0.15, -0.1) is 0 Å². The van der Waals surface area contributed by atoms with E-state index < -0.39 is 0 Å². The van der Waals surface area contributed by atoms with Crippen molar-refractivity contribution in [3.63, 3.8) is 0 Å². The molecule has 0 aliphatic rings. The molecule has 0 unspecified atom stereocenters. The van der Waals surface area contributed by atoms with Crippen LogP contribution >= 0.6 is 0 Å². The van der Waals surface area contributed by atoms with Crippen LogP contribution in [0.1, 0.15) is 59.6 Å². The molecule has 136 valence electrons. The molecular weight excluding hydrogens is 314 g/mol. The van der Waals surface area contributed by atoms with Crippen molar-refractivity contribution < 1.29 is 9.32 Å². The van der Waals surface area contributed by atoms with Gasteiger partial charge in [-0.25, -0.2) is 0 Å². The molecular formula is C20H29N3O2. The highest BCUT2D eigenvalue weighted by Crippen LogP contribution is 2.13. The summed E-state index contributed by atoms with van der Waals surface area (Å²) in [5, 5.41) is 6.84. The Kier molecular flexibility index (Phi) is 7.19. The Morgan fingerprint density at radius 1 is 1.12 bits per heavy atom. The molecule has 5 heteroatoms. The number of carbonyl (C=O) groups excluding carboxylic acids is 1. The van der Waals surface area contributed by atoms with Gasteiger partial charge >= 0.3 is 0 Å². The van der Waals surface area contributed by atoms with Crippen molar-refractivity contribution in [2.75, 3.05) is 13.1 Å². The standard InChI is InChI=1S/C20H29N3O2/c1-5-11-23(12-6-2)14-17-7-9-18(10-8-17)20(24)21-13-19-15(3)22-25-16(19)4/h7-10H,5-6,11-14H2,1-4H3,(H,21,24). The van der Waals surface area contributed by atoms with Crippen LogP contribution < -0.4 is 5.32 Å². The van der Waals surface area contributed by atoms with Crippen LogP contribution in [0.2, 0.25) is 0 Å². The molecule has 0 fully saturated rings. The maximum absolute atomic E-state index is 12.3. The van der Waals surface area contributed by atoms with Gasteiger partial charge in [-0.05, 0) is 57.5 Å². The van der Waals surface area contributed by atoms with Crippen molar-refractivity contribution in [2.24, 2.45) is 0 Å². The largest absolute Gasteiger partial charge is 0.361 e. The third kappa shape index (κ3) is 5.43. The Morgan fingerprint density at radius 3 is 2.28 bits per heavy atom. The molecule has 0 saturated carbocycles. The number of hydrogen-bond acceptors (Lipinski definition) is 4. The Labute approximate surface area is 150 Å². The second-order valence-electron chi connectivity index (χ2n) is 6.46. The van der Waals surface area contributed by atoms with Crippen LogP contribution in [0, 0.1) is 13.8 Å². The monoisotopic (exact) mass is 343 g/mol. The molecule has 0 aliphatic carbocycles. The molecule has 2 aromatic rings. The second-order valence-corrected chi connectivity index (χ2v) is 6.46. The van der Waals surface area contributed by atoms with E-state index in [9.17, 15) is 4.79 Å². The van der Waals surface area contributed by atoms with Crippen LogP contribution in [0.4, 0.5) is 0 Å². The number of hydrogen-bond donors (Lipinski definition) is 1. The second kappa shape index (κ2) is 9.37. The zero-order chi connectivity index (χ0) is 18.2. The van der Waals surface area contributed by atoms with E-state index in [4.69, 9.17) is 4.52 Å². The summed E-state index contributed by atoms with van der Waals surface area (Å²) < 4.78 is 5.12. The van der Waals surface area contributed by atoms with Crippen molar-refractivity contribution in [1.29, 1.82) is 0 Å². The lowest BCUT2D eigenvalue weighted by Gasteiger charge is -2.21. The van der Waals surface area contributed by atoms with Crippen LogP contribution in [-0.2, 0) is 13.1 Å². The average molecular weight is 343 g/mol. The fourth-order valence-electron chi connectivity index (χ4n) is 2.95. The van der Waals surface area contributed by atoms with Gasteiger partial charge in [-0.3, -0.25) is 9.69 Å². The summed E-state index contributed by atoms with van der Waals surface area (Å²) in [4.78, 5) is 14.8. The van der Waals surface area contributed by atoms with Crippen LogP contribution in [0.5, 0.6) is 0 Å². The molecule has 1 aromatic carbocycles. The predicted molar refractivity (Wildman–Crippen MR) is 99.4 cm³/mol. The molecule has 1 amide bonds. The molecule has 0 atom stereocenters. The summed E-state index contributed by atoms with van der Waals surface area (Å²) in [5.41, 5.74) is 3.68. The van der Waals surface area contributed by atoms with Gasteiger partial charge in [0.2, 0.25) is 0 Å². The van der Waals surface area contributed by atoms with E-state index in [2.05, 4.69) is 29.2 Å². The highest BCUT2D eigenvalue weighted by atomic mass is 16.5. The topological polar surface area (TPSA) is 58.4 Å². The first kappa shape index (κ1) is 19.2. The fraction of sp³-hybridized carbons (Fsp3) is 0.500. The van der Waals surface area contributed by atoms with Crippen molar-refractivity contribution in [3.8, 4) is 0 Å². The van der Waals surface area contributed by atoms with E-state index in [1.807, 2.05) is 38.1 Å². The quantitative estimate of drug-likeness (QED) is 0.751. The predicted octanol–water partition coefficient (Wildman–Crippen LogP) is 3.84. The lowest BCUT2D eigenvalue weighted by molar-refractivity contribution is 0.0951. The number of nitrogens with zero attached hydrogens (tertiary/aromatic N) is 2. The molecule has 0 radical (unpaired) electrons. The van der Waals surface area contributed by atoms with E-state index in [1.165, 1.54) is 5.56 Å². The minimum Gasteiger partial charge on any atom is -0.361 e. The molecule has 0 aliphatic heterocycles. The maximum Gasteiger partial charge on any atom is 0.251 e. The molecule has 0 spiro atoms. The summed E-state index contributed by atoms with van der Waals surface area (Å²) in [6.07, 6.45) is 2.31. The normalized spacial score (nSPS) is 11.1. The average Bonchev–Trinajstić information content (AvgIpc) is 2.92. The van der Waals surface area contributed by atoms with Gasteiger partial charge in [-0.1, -0.05) is 31.1 Å². The van der Waals surface area contributed by atoms with Gasteiger partial charge in [0.25, 0.3) is 5.91 Å². The lowest BCUT2D eigenvalue weighted by Crippen LogP contribution is -2.25. The van der Waals surface area contributed by atoms with Crippen LogP contribution in [0.25, 0.3) is 0 Å². The van der Waals surface area contributed by atoms with Gasteiger partial charge in [0.15, 0.2) is 0 Å². The van der Waals surface area contributed by atoms with Gasteiger partial charge in [0, 0.05) is 24.2 Å². The smallest absolute Gasteiger partial charge is 0.251 e. The van der Waals surface area contributed by atoms with E-state index in [-0.39, 0.29) is 5.91 Å². The zero-order valence-electron chi connectivity index (χ0n) is 15.8. The number of carbonyl (C=O) groups is 1. The maximum atomic E-state index is 12.3. The number of aromatic nitrogens is 1. The Balaban J connectivity index is 1.93. The Bertz CT molecular complexity index is 651. The summed E-state index contributed by atoms with van der Waals surface area (Å²) in [7, 11) is 0. The number of benzene rings is 1. The van der Waals surface area contributed by atoms with E-state index in [0.717, 1.165) is 49.5 Å². The van der Waals surface area contributed by atoms with Crippen molar-refractivity contribution in [2.45, 2.75) is 53.6 Å². The van der Waals surface area contributed by atoms with Gasteiger partial charge in [0.05, 0.1) is 5.69 Å². The number of aryl methyl sites for hydroxylation is 2. The van der Waals surface area contributed by atoms with Crippen molar-refractivity contribution in [1.82, 2.24) is 15.4 Å². The van der Waals surface area contributed by atoms with E-state index in [1.54, 1.807) is 0 Å². The zero-order valence-corrected chi connectivity index (χ0v) is 15.8. The summed E-state index contributed by atoms with van der Waals surface area (Å²) >= 11 is 0. The molecule has 5 nitrogen and oxygen atoms in total. The minimum absolute atomic E-state index is 0.0782. The van der Waals surface area contributed by atoms with Gasteiger partial charge in [-0.2, -0.15) is 0 Å². The molecule has 2 rings (SSSR count). The fourth-order valence-corrected chi connectivity index (χ4v) is 2.95. The molecule has 25 heavy (non-hydrogen) atoms. The van der Waals surface area contributed by atoms with Gasteiger partial charge in [0.1, 0.15) is 5.76 Å². The first-order chi connectivity index (χ1) is 12.0. The molecule has 0 bridgehead atoms. The number of nitrogens with one attached hydrogen (secondary N) is 1. The van der Waals surface area contributed by atoms with Crippen LogP contribution in [0.3, 0.4) is 0 Å². The first-order valence-electron chi connectivity index (χ1n) is 9.06. The van der Waals surface area contributed by atoms with Crippen LogP contribution in [0.15, 0.2) is 28.8 Å². The SMILES string of the molecule is CCCN(CCC)Cc1ccc(C(=O)NCc2c(C)noc2C)cc1. The van der Waals surface area contributed by atoms with E-state index >= 15 is 0 Å². The van der Waals surface area contributed by atoms with E-state index in [0.29, 0.717) is 12.1 Å². The minimum atomic E-state index is -0.0782. The van der Waals surface area contributed by atoms with Crippen LogP contribution in [-0.4, -0.2) is 29.1 Å². The summed E-state index contributed by atoms with van der Waals surface area (Å²) in [5.74, 6) is 0.672. The summed E-state index contributed by atoms with van der Waals surface area (Å²) in [6.45, 7) is 11.7. The highest BCUT2D eigenvalue weighted by molar-refractivity contribution is 5.94. The number of rotatable bonds is 9. The van der Waals surface area contributed by atoms with Crippen molar-refractivity contribution in [3.05, 3.63) is 52.4 Å². The molecule has 1 heterocycles. The lowest BCUT2D eigenvalue weighted by atomic mass is 10.1. The van der Waals surface area contributed by atoms with Crippen molar-refractivity contribution >= 4 is 5.91 Å². The Hall–Kier alpha value is -2.14.